The molecule has 168 valence electrons. The molecular formula is C19H24ClFN6O2S2. The first-order valence-corrected chi connectivity index (χ1v) is 12.6. The predicted octanol–water partition coefficient (Wildman–Crippen LogP) is 3.02. The van der Waals surface area contributed by atoms with Crippen LogP contribution in [0.4, 0.5) is 15.2 Å². The van der Waals surface area contributed by atoms with Crippen LogP contribution in [0.1, 0.15) is 19.3 Å². The Morgan fingerprint density at radius 2 is 2.16 bits per heavy atom. The molecule has 0 radical (unpaired) electrons. The first kappa shape index (κ1) is 23.7. The average Bonchev–Trinajstić information content (AvgIpc) is 3.40. The van der Waals surface area contributed by atoms with Crippen molar-refractivity contribution >= 4 is 43.8 Å². The number of hydrogen-bond acceptors (Lipinski definition) is 8. The van der Waals surface area contributed by atoms with Gasteiger partial charge in [0, 0.05) is 37.3 Å². The molecule has 1 aromatic carbocycles. The number of nitrogens with one attached hydrogen (secondary N) is 4. The Hall–Kier alpha value is -1.97. The van der Waals surface area contributed by atoms with Gasteiger partial charge in [0.25, 0.3) is 10.0 Å². The maximum absolute atomic E-state index is 14.5. The molecule has 0 spiro atoms. The molecular weight excluding hydrogens is 463 g/mol. The fourth-order valence-electron chi connectivity index (χ4n) is 3.26. The number of rotatable bonds is 11. The molecule has 31 heavy (non-hydrogen) atoms. The summed E-state index contributed by atoms with van der Waals surface area (Å²) in [6.07, 6.45) is 4.06. The third kappa shape index (κ3) is 6.75. The molecule has 0 aliphatic carbocycles. The first-order chi connectivity index (χ1) is 14.9. The van der Waals surface area contributed by atoms with E-state index in [0.29, 0.717) is 18.3 Å². The molecule has 2 aromatic rings. The van der Waals surface area contributed by atoms with Gasteiger partial charge in [-0.1, -0.05) is 11.6 Å². The lowest BCUT2D eigenvalue weighted by atomic mass is 10.1. The standard InChI is InChI=1S/C19H24ClFN6O2S2/c20-15-8-18(31(28,29)27-19-25-5-6-30-19)16(21)9-17(15)24-4-2-1-3-23-12-14-7-13(10-22)11-26-14/h5-6,8-9,13-14,23-24,26H,1-4,7,11-12H2,(H,25,27)/t13-,14-/m0/s1. The summed E-state index contributed by atoms with van der Waals surface area (Å²) in [5.74, 6) is -0.789. The van der Waals surface area contributed by atoms with Crippen LogP contribution in [0.25, 0.3) is 0 Å². The van der Waals surface area contributed by atoms with Crippen molar-refractivity contribution in [3.05, 3.63) is 34.5 Å². The average molecular weight is 487 g/mol. The number of hydrogen-bond donors (Lipinski definition) is 4. The van der Waals surface area contributed by atoms with E-state index in [9.17, 15) is 12.8 Å². The summed E-state index contributed by atoms with van der Waals surface area (Å²) in [6.45, 7) is 2.99. The highest BCUT2D eigenvalue weighted by Gasteiger charge is 2.23. The van der Waals surface area contributed by atoms with Gasteiger partial charge in [-0.25, -0.2) is 17.8 Å². The van der Waals surface area contributed by atoms with E-state index in [1.807, 2.05) is 0 Å². The number of aromatic nitrogens is 1. The number of anilines is 2. The number of nitrogens with zero attached hydrogens (tertiary/aromatic N) is 2. The second-order valence-corrected chi connectivity index (χ2v) is 10.2. The van der Waals surface area contributed by atoms with E-state index in [1.54, 1.807) is 5.38 Å². The molecule has 0 bridgehead atoms. The molecule has 0 unspecified atom stereocenters. The maximum atomic E-state index is 14.5. The molecule has 8 nitrogen and oxygen atoms in total. The summed E-state index contributed by atoms with van der Waals surface area (Å²) in [5.41, 5.74) is 0.345. The fourth-order valence-corrected chi connectivity index (χ4v) is 5.43. The van der Waals surface area contributed by atoms with Crippen molar-refractivity contribution in [1.29, 1.82) is 5.26 Å². The van der Waals surface area contributed by atoms with Gasteiger partial charge in [0.2, 0.25) is 0 Å². The van der Waals surface area contributed by atoms with E-state index in [2.05, 4.69) is 31.7 Å². The minimum Gasteiger partial charge on any atom is -0.384 e. The molecule has 2 heterocycles. The molecule has 12 heteroatoms. The van der Waals surface area contributed by atoms with Gasteiger partial charge in [-0.05, 0) is 37.9 Å². The molecule has 4 N–H and O–H groups in total. The second-order valence-electron chi connectivity index (χ2n) is 7.21. The van der Waals surface area contributed by atoms with Gasteiger partial charge in [-0.2, -0.15) is 5.26 Å². The number of thiazole rings is 1. The Bertz CT molecular complexity index is 1010. The van der Waals surface area contributed by atoms with E-state index in [0.717, 1.165) is 62.4 Å². The molecule has 0 saturated carbocycles. The van der Waals surface area contributed by atoms with E-state index < -0.39 is 20.7 Å². The van der Waals surface area contributed by atoms with Crippen molar-refractivity contribution in [2.45, 2.75) is 30.2 Å². The van der Waals surface area contributed by atoms with Gasteiger partial charge >= 0.3 is 0 Å². The van der Waals surface area contributed by atoms with Crippen LogP contribution in [-0.2, 0) is 10.0 Å². The highest BCUT2D eigenvalue weighted by molar-refractivity contribution is 7.93. The van der Waals surface area contributed by atoms with Gasteiger partial charge in [0.05, 0.1) is 22.7 Å². The minimum atomic E-state index is -4.12. The zero-order valence-corrected chi connectivity index (χ0v) is 19.1. The Balaban J connectivity index is 1.42. The van der Waals surface area contributed by atoms with Crippen molar-refractivity contribution in [3.8, 4) is 6.07 Å². The van der Waals surface area contributed by atoms with Gasteiger partial charge in [-0.15, -0.1) is 11.3 Å². The van der Waals surface area contributed by atoms with Crippen LogP contribution >= 0.6 is 22.9 Å². The number of nitriles is 1. The quantitative estimate of drug-likeness (QED) is 0.360. The topological polar surface area (TPSA) is 119 Å². The Kier molecular flexibility index (Phi) is 8.45. The van der Waals surface area contributed by atoms with Crippen LogP contribution in [0, 0.1) is 23.1 Å². The van der Waals surface area contributed by atoms with Crippen LogP contribution in [0.2, 0.25) is 5.02 Å². The van der Waals surface area contributed by atoms with Crippen molar-refractivity contribution in [2.24, 2.45) is 5.92 Å². The first-order valence-electron chi connectivity index (χ1n) is 9.88. The van der Waals surface area contributed by atoms with Gasteiger partial charge in [-0.3, -0.25) is 4.72 Å². The third-order valence-electron chi connectivity index (χ3n) is 4.86. The van der Waals surface area contributed by atoms with Gasteiger partial charge in [0.1, 0.15) is 10.7 Å². The molecule has 2 atom stereocenters. The summed E-state index contributed by atoms with van der Waals surface area (Å²) in [5, 5.41) is 20.5. The van der Waals surface area contributed by atoms with Crippen molar-refractivity contribution in [3.63, 3.8) is 0 Å². The Labute approximate surface area is 190 Å². The van der Waals surface area contributed by atoms with Crippen LogP contribution in [0.15, 0.2) is 28.6 Å². The van der Waals surface area contributed by atoms with Crippen LogP contribution in [0.3, 0.4) is 0 Å². The normalized spacial score (nSPS) is 18.6. The molecule has 1 saturated heterocycles. The zero-order chi connectivity index (χ0) is 22.3. The molecule has 3 rings (SSSR count). The highest BCUT2D eigenvalue weighted by atomic mass is 35.5. The van der Waals surface area contributed by atoms with E-state index >= 15 is 0 Å². The lowest BCUT2D eigenvalue weighted by Gasteiger charge is -2.13. The van der Waals surface area contributed by atoms with E-state index in [4.69, 9.17) is 16.9 Å². The predicted molar refractivity (Wildman–Crippen MR) is 120 cm³/mol. The Morgan fingerprint density at radius 3 is 2.87 bits per heavy atom. The molecule has 1 aliphatic heterocycles. The molecule has 1 aliphatic rings. The van der Waals surface area contributed by atoms with Gasteiger partial charge in [0.15, 0.2) is 5.13 Å². The highest BCUT2D eigenvalue weighted by Crippen LogP contribution is 2.29. The van der Waals surface area contributed by atoms with Crippen molar-refractivity contribution in [1.82, 2.24) is 15.6 Å². The molecule has 1 fully saturated rings. The Morgan fingerprint density at radius 1 is 1.35 bits per heavy atom. The maximum Gasteiger partial charge on any atom is 0.266 e. The minimum absolute atomic E-state index is 0.102. The largest absolute Gasteiger partial charge is 0.384 e. The van der Waals surface area contributed by atoms with E-state index in [-0.39, 0.29) is 16.1 Å². The zero-order valence-electron chi connectivity index (χ0n) is 16.7. The van der Waals surface area contributed by atoms with Crippen molar-refractivity contribution < 1.29 is 12.8 Å². The fraction of sp³-hybridized carbons (Fsp3) is 0.474. The summed E-state index contributed by atoms with van der Waals surface area (Å²) < 4.78 is 41.5. The third-order valence-corrected chi connectivity index (χ3v) is 7.34. The van der Waals surface area contributed by atoms with Crippen molar-refractivity contribution in [2.75, 3.05) is 36.2 Å². The lowest BCUT2D eigenvalue weighted by molar-refractivity contribution is 0.522. The smallest absolute Gasteiger partial charge is 0.266 e. The number of halogens is 2. The second kappa shape index (κ2) is 11.1. The lowest BCUT2D eigenvalue weighted by Crippen LogP contribution is -2.34. The number of sulfonamides is 1. The van der Waals surface area contributed by atoms with Crippen LogP contribution in [0.5, 0.6) is 0 Å². The van der Waals surface area contributed by atoms with E-state index in [1.165, 1.54) is 6.20 Å². The van der Waals surface area contributed by atoms with Crippen LogP contribution in [-0.4, -0.2) is 45.6 Å². The van der Waals surface area contributed by atoms with Crippen LogP contribution < -0.4 is 20.7 Å². The number of unbranched alkanes of at least 4 members (excludes halogenated alkanes) is 1. The summed E-state index contributed by atoms with van der Waals surface area (Å²) in [6, 6.07) is 4.81. The SMILES string of the molecule is N#C[C@H]1CN[C@H](CNCCCCNc2cc(F)c(S(=O)(=O)Nc3nccs3)cc2Cl)C1. The summed E-state index contributed by atoms with van der Waals surface area (Å²) in [4.78, 5) is 3.31. The summed E-state index contributed by atoms with van der Waals surface area (Å²) >= 11 is 7.27. The van der Waals surface area contributed by atoms with Gasteiger partial charge < -0.3 is 16.0 Å². The molecule has 0 amide bonds. The monoisotopic (exact) mass is 486 g/mol. The molecule has 1 aromatic heterocycles. The number of benzene rings is 1. The summed E-state index contributed by atoms with van der Waals surface area (Å²) in [7, 11) is -4.12.